The second kappa shape index (κ2) is 5.59. The minimum Gasteiger partial charge on any atom is -0.478 e. The zero-order valence-electron chi connectivity index (χ0n) is 13.2. The number of imidazole rings is 1. The summed E-state index contributed by atoms with van der Waals surface area (Å²) in [5.74, 6) is -0.428. The van der Waals surface area contributed by atoms with Crippen LogP contribution in [0.15, 0.2) is 53.1 Å². The fourth-order valence-electron chi connectivity index (χ4n) is 2.81. The maximum absolute atomic E-state index is 14.1. The SMILES string of the molecule is Cc1cccc(F)c1-c1ncc(-c2cc3cc(C(=O)O)ccc3o2)[nH]1. The molecule has 2 heterocycles. The van der Waals surface area contributed by atoms with E-state index in [1.54, 1.807) is 30.5 Å². The van der Waals surface area contributed by atoms with Gasteiger partial charge in [-0.2, -0.15) is 0 Å². The van der Waals surface area contributed by atoms with Gasteiger partial charge in [0.25, 0.3) is 0 Å². The van der Waals surface area contributed by atoms with Gasteiger partial charge in [-0.05, 0) is 42.8 Å². The maximum Gasteiger partial charge on any atom is 0.335 e. The lowest BCUT2D eigenvalue weighted by Gasteiger charge is -2.03. The summed E-state index contributed by atoms with van der Waals surface area (Å²) in [4.78, 5) is 18.4. The molecule has 4 aromatic rings. The Balaban J connectivity index is 1.77. The first-order chi connectivity index (χ1) is 12.0. The summed E-state index contributed by atoms with van der Waals surface area (Å²) < 4.78 is 19.8. The fraction of sp³-hybridized carbons (Fsp3) is 0.0526. The van der Waals surface area contributed by atoms with Crippen LogP contribution in [0.25, 0.3) is 33.8 Å². The summed E-state index contributed by atoms with van der Waals surface area (Å²) in [5, 5.41) is 9.74. The van der Waals surface area contributed by atoms with Gasteiger partial charge in [-0.25, -0.2) is 14.2 Å². The van der Waals surface area contributed by atoms with Crippen LogP contribution in [0, 0.1) is 12.7 Å². The van der Waals surface area contributed by atoms with Crippen molar-refractivity contribution in [2.24, 2.45) is 0 Å². The number of aryl methyl sites for hydroxylation is 1. The lowest BCUT2D eigenvalue weighted by Crippen LogP contribution is -1.94. The average molecular weight is 336 g/mol. The van der Waals surface area contributed by atoms with E-state index in [0.717, 1.165) is 5.56 Å². The van der Waals surface area contributed by atoms with E-state index in [4.69, 9.17) is 9.52 Å². The molecular weight excluding hydrogens is 323 g/mol. The van der Waals surface area contributed by atoms with Crippen LogP contribution in [0.2, 0.25) is 0 Å². The van der Waals surface area contributed by atoms with Crippen LogP contribution in [-0.4, -0.2) is 21.0 Å². The predicted molar refractivity (Wildman–Crippen MR) is 90.9 cm³/mol. The molecule has 0 aliphatic heterocycles. The fourth-order valence-corrected chi connectivity index (χ4v) is 2.81. The molecular formula is C19H13FN2O3. The summed E-state index contributed by atoms with van der Waals surface area (Å²) in [6.45, 7) is 1.81. The average Bonchev–Trinajstić information content (AvgIpc) is 3.20. The minimum absolute atomic E-state index is 0.187. The van der Waals surface area contributed by atoms with Gasteiger partial charge >= 0.3 is 5.97 Å². The first-order valence-electron chi connectivity index (χ1n) is 7.60. The van der Waals surface area contributed by atoms with Gasteiger partial charge in [-0.1, -0.05) is 12.1 Å². The van der Waals surface area contributed by atoms with Crippen LogP contribution in [0.5, 0.6) is 0 Å². The van der Waals surface area contributed by atoms with Crippen LogP contribution in [0.1, 0.15) is 15.9 Å². The van der Waals surface area contributed by atoms with E-state index in [9.17, 15) is 9.18 Å². The number of aromatic carboxylic acids is 1. The molecule has 124 valence electrons. The van der Waals surface area contributed by atoms with Crippen LogP contribution in [0.3, 0.4) is 0 Å². The van der Waals surface area contributed by atoms with E-state index in [1.807, 2.05) is 13.0 Å². The van der Waals surface area contributed by atoms with E-state index in [1.165, 1.54) is 12.1 Å². The van der Waals surface area contributed by atoms with Crippen molar-refractivity contribution in [3.63, 3.8) is 0 Å². The van der Waals surface area contributed by atoms with Crippen molar-refractivity contribution >= 4 is 16.9 Å². The van der Waals surface area contributed by atoms with Crippen LogP contribution in [0.4, 0.5) is 4.39 Å². The van der Waals surface area contributed by atoms with Gasteiger partial charge in [0.15, 0.2) is 5.76 Å². The molecule has 0 radical (unpaired) electrons. The molecule has 0 bridgehead atoms. The van der Waals surface area contributed by atoms with Gasteiger partial charge in [0.2, 0.25) is 0 Å². The highest BCUT2D eigenvalue weighted by Gasteiger charge is 2.15. The van der Waals surface area contributed by atoms with E-state index in [0.29, 0.717) is 33.8 Å². The molecule has 0 fully saturated rings. The molecule has 0 saturated carbocycles. The van der Waals surface area contributed by atoms with Gasteiger partial charge in [0, 0.05) is 5.39 Å². The number of carbonyl (C=O) groups is 1. The Labute approximate surface area is 141 Å². The second-order valence-electron chi connectivity index (χ2n) is 5.75. The van der Waals surface area contributed by atoms with Crippen molar-refractivity contribution in [3.05, 3.63) is 65.6 Å². The largest absolute Gasteiger partial charge is 0.478 e. The number of carboxylic acid groups (broad SMARTS) is 1. The summed E-state index contributed by atoms with van der Waals surface area (Å²) in [7, 11) is 0. The van der Waals surface area contributed by atoms with E-state index < -0.39 is 5.97 Å². The monoisotopic (exact) mass is 336 g/mol. The van der Waals surface area contributed by atoms with Crippen LogP contribution >= 0.6 is 0 Å². The van der Waals surface area contributed by atoms with E-state index >= 15 is 0 Å². The molecule has 0 aliphatic carbocycles. The highest BCUT2D eigenvalue weighted by Crippen LogP contribution is 2.30. The Bertz CT molecular complexity index is 1090. The molecule has 0 amide bonds. The van der Waals surface area contributed by atoms with Crippen molar-refractivity contribution in [1.29, 1.82) is 0 Å². The van der Waals surface area contributed by atoms with Crippen molar-refractivity contribution < 1.29 is 18.7 Å². The predicted octanol–water partition coefficient (Wildman–Crippen LogP) is 4.64. The third kappa shape index (κ3) is 2.57. The number of nitrogens with zero attached hydrogens (tertiary/aromatic N) is 1. The molecule has 0 spiro atoms. The van der Waals surface area contributed by atoms with Gasteiger partial charge < -0.3 is 14.5 Å². The number of hydrogen-bond donors (Lipinski definition) is 2. The highest BCUT2D eigenvalue weighted by atomic mass is 19.1. The number of nitrogens with one attached hydrogen (secondary N) is 1. The topological polar surface area (TPSA) is 79.1 Å². The Morgan fingerprint density at radius 2 is 2.08 bits per heavy atom. The van der Waals surface area contributed by atoms with E-state index in [-0.39, 0.29) is 11.4 Å². The summed E-state index contributed by atoms with van der Waals surface area (Å²) >= 11 is 0. The summed E-state index contributed by atoms with van der Waals surface area (Å²) in [6.07, 6.45) is 1.57. The van der Waals surface area contributed by atoms with Gasteiger partial charge in [-0.3, -0.25) is 0 Å². The minimum atomic E-state index is -0.997. The molecule has 2 aromatic heterocycles. The number of rotatable bonds is 3. The molecule has 0 atom stereocenters. The number of hydrogen-bond acceptors (Lipinski definition) is 3. The number of H-pyrrole nitrogens is 1. The third-order valence-electron chi connectivity index (χ3n) is 4.06. The van der Waals surface area contributed by atoms with Crippen molar-refractivity contribution in [1.82, 2.24) is 9.97 Å². The lowest BCUT2D eigenvalue weighted by atomic mass is 10.1. The molecule has 2 N–H and O–H groups in total. The standard InChI is InChI=1S/C19H13FN2O3/c1-10-3-2-4-13(20)17(10)18-21-9-14(22-18)16-8-12-7-11(19(23)24)5-6-15(12)25-16/h2-9H,1H3,(H,21,22)(H,23,24). The number of carboxylic acids is 1. The number of aromatic amines is 1. The molecule has 0 saturated heterocycles. The summed E-state index contributed by atoms with van der Waals surface area (Å²) in [5.41, 5.74) is 2.53. The van der Waals surface area contributed by atoms with Crippen LogP contribution < -0.4 is 0 Å². The molecule has 25 heavy (non-hydrogen) atoms. The van der Waals surface area contributed by atoms with E-state index in [2.05, 4.69) is 9.97 Å². The zero-order valence-corrected chi connectivity index (χ0v) is 13.2. The number of halogens is 1. The molecule has 0 unspecified atom stereocenters. The Hall–Kier alpha value is -3.41. The second-order valence-corrected chi connectivity index (χ2v) is 5.75. The molecule has 4 rings (SSSR count). The lowest BCUT2D eigenvalue weighted by molar-refractivity contribution is 0.0697. The molecule has 2 aromatic carbocycles. The number of fused-ring (bicyclic) bond motifs is 1. The van der Waals surface area contributed by atoms with Crippen LogP contribution in [-0.2, 0) is 0 Å². The Kier molecular flexibility index (Phi) is 3.39. The van der Waals surface area contributed by atoms with Crippen molar-refractivity contribution in [3.8, 4) is 22.8 Å². The normalized spacial score (nSPS) is 11.1. The molecule has 0 aliphatic rings. The molecule has 5 nitrogen and oxygen atoms in total. The van der Waals surface area contributed by atoms with Gasteiger partial charge in [-0.15, -0.1) is 0 Å². The van der Waals surface area contributed by atoms with Crippen molar-refractivity contribution in [2.45, 2.75) is 6.92 Å². The first kappa shape index (κ1) is 15.1. The third-order valence-corrected chi connectivity index (χ3v) is 4.06. The number of aromatic nitrogens is 2. The zero-order chi connectivity index (χ0) is 17.6. The van der Waals surface area contributed by atoms with Crippen molar-refractivity contribution in [2.75, 3.05) is 0 Å². The Morgan fingerprint density at radius 3 is 2.84 bits per heavy atom. The first-order valence-corrected chi connectivity index (χ1v) is 7.60. The van der Waals surface area contributed by atoms with Gasteiger partial charge in [0.05, 0.1) is 17.3 Å². The number of furan rings is 1. The van der Waals surface area contributed by atoms with Gasteiger partial charge in [0.1, 0.15) is 22.9 Å². The summed E-state index contributed by atoms with van der Waals surface area (Å²) in [6, 6.07) is 11.2. The molecule has 6 heteroatoms. The highest BCUT2D eigenvalue weighted by molar-refractivity contribution is 5.94. The number of benzene rings is 2. The quantitative estimate of drug-likeness (QED) is 0.571. The maximum atomic E-state index is 14.1. The smallest absolute Gasteiger partial charge is 0.335 e. The Morgan fingerprint density at radius 1 is 1.24 bits per heavy atom.